The van der Waals surface area contributed by atoms with Gasteiger partial charge in [-0.05, 0) is 61.9 Å². The normalized spacial score (nSPS) is 17.0. The molecule has 2 atom stereocenters. The van der Waals surface area contributed by atoms with Crippen LogP contribution in [0, 0.1) is 6.92 Å². The Labute approximate surface area is 209 Å². The molecule has 1 aliphatic rings. The third kappa shape index (κ3) is 4.16. The number of benzene rings is 3. The summed E-state index contributed by atoms with van der Waals surface area (Å²) in [6, 6.07) is 22.4. The van der Waals surface area contributed by atoms with Crippen LogP contribution < -0.4 is 14.5 Å². The highest BCUT2D eigenvalue weighted by Crippen LogP contribution is 2.44. The zero-order valence-corrected chi connectivity index (χ0v) is 20.6. The summed E-state index contributed by atoms with van der Waals surface area (Å²) >= 11 is 0. The summed E-state index contributed by atoms with van der Waals surface area (Å²) in [4.78, 5) is 16.7. The molecular formula is C27H25N3O5S. The number of para-hydroxylation sites is 1. The van der Waals surface area contributed by atoms with Crippen LogP contribution in [0.1, 0.15) is 42.3 Å². The lowest BCUT2D eigenvalue weighted by Crippen LogP contribution is -2.32. The van der Waals surface area contributed by atoms with Crippen molar-refractivity contribution >= 4 is 32.5 Å². The molecule has 0 saturated heterocycles. The molecule has 4 aromatic rings. The first kappa shape index (κ1) is 23.8. The number of rotatable bonds is 6. The standard InChI is InChI=1S/C27H25N3O5S/c1-17-15-23(21-7-3-5-9-24(21)28-17)18(2)35-20-13-11-19(12-14-20)30-25(16-27(31)29-32)22-8-4-6-10-26(22)36(30,33)34/h3-15,18,25,32H,16H2,1-2H3,(H,29,31). The van der Waals surface area contributed by atoms with Gasteiger partial charge in [0.25, 0.3) is 10.0 Å². The minimum atomic E-state index is -3.89. The van der Waals surface area contributed by atoms with E-state index >= 15 is 0 Å². The first-order valence-electron chi connectivity index (χ1n) is 11.5. The Morgan fingerprint density at radius 3 is 2.53 bits per heavy atom. The number of anilines is 1. The zero-order valence-electron chi connectivity index (χ0n) is 19.8. The smallest absolute Gasteiger partial charge is 0.265 e. The van der Waals surface area contributed by atoms with Crippen LogP contribution in [0.4, 0.5) is 5.69 Å². The summed E-state index contributed by atoms with van der Waals surface area (Å²) < 4.78 is 34.2. The number of hydrogen-bond donors (Lipinski definition) is 2. The molecule has 1 amide bonds. The number of ether oxygens (including phenoxy) is 1. The number of aromatic nitrogens is 1. The van der Waals surface area contributed by atoms with E-state index in [1.807, 2.05) is 44.2 Å². The van der Waals surface area contributed by atoms with E-state index in [4.69, 9.17) is 9.94 Å². The lowest BCUT2D eigenvalue weighted by molar-refractivity contribution is -0.129. The van der Waals surface area contributed by atoms with Gasteiger partial charge in [-0.1, -0.05) is 36.4 Å². The molecule has 3 aromatic carbocycles. The van der Waals surface area contributed by atoms with E-state index in [9.17, 15) is 13.2 Å². The number of nitrogens with one attached hydrogen (secondary N) is 1. The van der Waals surface area contributed by atoms with Crippen molar-refractivity contribution in [1.29, 1.82) is 0 Å². The van der Waals surface area contributed by atoms with Crippen molar-refractivity contribution in [2.45, 2.75) is 37.3 Å². The number of amides is 1. The van der Waals surface area contributed by atoms with Crippen LogP contribution >= 0.6 is 0 Å². The third-order valence-electron chi connectivity index (χ3n) is 6.32. The van der Waals surface area contributed by atoms with E-state index in [1.54, 1.807) is 47.9 Å². The number of nitrogens with zero attached hydrogens (tertiary/aromatic N) is 2. The van der Waals surface area contributed by atoms with Crippen molar-refractivity contribution in [2.24, 2.45) is 0 Å². The number of hydroxylamine groups is 1. The van der Waals surface area contributed by atoms with Gasteiger partial charge in [0.2, 0.25) is 5.91 Å². The first-order valence-corrected chi connectivity index (χ1v) is 12.9. The molecule has 0 fully saturated rings. The van der Waals surface area contributed by atoms with Crippen molar-refractivity contribution in [3.05, 3.63) is 95.7 Å². The van der Waals surface area contributed by atoms with Gasteiger partial charge in [0.15, 0.2) is 0 Å². The summed E-state index contributed by atoms with van der Waals surface area (Å²) in [5.41, 5.74) is 5.31. The number of sulfonamides is 1. The van der Waals surface area contributed by atoms with Gasteiger partial charge >= 0.3 is 0 Å². The molecule has 9 heteroatoms. The molecule has 0 aliphatic carbocycles. The molecule has 2 unspecified atom stereocenters. The summed E-state index contributed by atoms with van der Waals surface area (Å²) in [6.07, 6.45) is -0.500. The third-order valence-corrected chi connectivity index (χ3v) is 8.23. The molecule has 5 rings (SSSR count). The lowest BCUT2D eigenvalue weighted by Gasteiger charge is -2.25. The predicted molar refractivity (Wildman–Crippen MR) is 135 cm³/mol. The second-order valence-electron chi connectivity index (χ2n) is 8.72. The molecule has 184 valence electrons. The summed E-state index contributed by atoms with van der Waals surface area (Å²) in [5.74, 6) is -0.103. The van der Waals surface area contributed by atoms with Crippen molar-refractivity contribution in [3.63, 3.8) is 0 Å². The maximum Gasteiger partial charge on any atom is 0.265 e. The van der Waals surface area contributed by atoms with Gasteiger partial charge in [0.1, 0.15) is 11.9 Å². The molecule has 0 saturated carbocycles. The Morgan fingerprint density at radius 2 is 1.78 bits per heavy atom. The van der Waals surface area contributed by atoms with E-state index in [0.29, 0.717) is 17.0 Å². The number of aryl methyl sites for hydroxylation is 1. The molecule has 2 N–H and O–H groups in total. The van der Waals surface area contributed by atoms with Gasteiger partial charge in [-0.2, -0.15) is 0 Å². The van der Waals surface area contributed by atoms with Crippen LogP contribution in [0.3, 0.4) is 0 Å². The fourth-order valence-electron chi connectivity index (χ4n) is 4.74. The SMILES string of the molecule is Cc1cc(C(C)Oc2ccc(N3C(CC(=O)NO)c4ccccc4S3(=O)=O)cc2)c2ccccc2n1. The van der Waals surface area contributed by atoms with E-state index in [2.05, 4.69) is 4.98 Å². The molecule has 0 spiro atoms. The van der Waals surface area contributed by atoms with Crippen LogP contribution in [-0.2, 0) is 14.8 Å². The van der Waals surface area contributed by atoms with Crippen LogP contribution in [0.25, 0.3) is 10.9 Å². The fourth-order valence-corrected chi connectivity index (χ4v) is 6.63. The first-order chi connectivity index (χ1) is 17.3. The van der Waals surface area contributed by atoms with Gasteiger partial charge in [0, 0.05) is 16.6 Å². The Balaban J connectivity index is 1.45. The summed E-state index contributed by atoms with van der Waals surface area (Å²) in [5, 5.41) is 10.1. The molecule has 0 bridgehead atoms. The molecular weight excluding hydrogens is 478 g/mol. The van der Waals surface area contributed by atoms with Gasteiger partial charge in [-0.3, -0.25) is 19.3 Å². The van der Waals surface area contributed by atoms with Gasteiger partial charge in [-0.15, -0.1) is 0 Å². The summed E-state index contributed by atoms with van der Waals surface area (Å²) in [6.45, 7) is 3.90. The van der Waals surface area contributed by atoms with E-state index in [0.717, 1.165) is 22.2 Å². The summed E-state index contributed by atoms with van der Waals surface area (Å²) in [7, 11) is -3.89. The van der Waals surface area contributed by atoms with E-state index in [1.165, 1.54) is 10.4 Å². The average Bonchev–Trinajstić information content (AvgIpc) is 3.10. The topological polar surface area (TPSA) is 109 Å². The Bertz CT molecular complexity index is 1550. The highest BCUT2D eigenvalue weighted by Gasteiger charge is 2.43. The van der Waals surface area contributed by atoms with E-state index in [-0.39, 0.29) is 17.4 Å². The maximum atomic E-state index is 13.4. The quantitative estimate of drug-likeness (QED) is 0.288. The van der Waals surface area contributed by atoms with Gasteiger partial charge in [0.05, 0.1) is 28.6 Å². The second-order valence-corrected chi connectivity index (χ2v) is 10.5. The lowest BCUT2D eigenvalue weighted by atomic mass is 10.0. The van der Waals surface area contributed by atoms with Crippen LogP contribution in [0.15, 0.2) is 83.8 Å². The highest BCUT2D eigenvalue weighted by molar-refractivity contribution is 7.93. The Hall–Kier alpha value is -3.95. The predicted octanol–water partition coefficient (Wildman–Crippen LogP) is 4.83. The minimum Gasteiger partial charge on any atom is -0.486 e. The molecule has 1 aliphatic heterocycles. The minimum absolute atomic E-state index is 0.148. The van der Waals surface area contributed by atoms with Gasteiger partial charge in [-0.25, -0.2) is 13.9 Å². The molecule has 2 heterocycles. The average molecular weight is 504 g/mol. The van der Waals surface area contributed by atoms with E-state index < -0.39 is 22.0 Å². The Morgan fingerprint density at radius 1 is 1.08 bits per heavy atom. The van der Waals surface area contributed by atoms with Crippen LogP contribution in [-0.4, -0.2) is 24.5 Å². The number of carbonyl (C=O) groups excluding carboxylic acids is 1. The highest BCUT2D eigenvalue weighted by atomic mass is 32.2. The monoisotopic (exact) mass is 503 g/mol. The zero-order chi connectivity index (χ0) is 25.4. The van der Waals surface area contributed by atoms with Crippen molar-refractivity contribution in [2.75, 3.05) is 4.31 Å². The van der Waals surface area contributed by atoms with Crippen LogP contribution in [0.2, 0.25) is 0 Å². The largest absolute Gasteiger partial charge is 0.486 e. The van der Waals surface area contributed by atoms with Gasteiger partial charge < -0.3 is 4.74 Å². The number of pyridine rings is 1. The fraction of sp³-hybridized carbons (Fsp3) is 0.185. The molecule has 36 heavy (non-hydrogen) atoms. The molecule has 8 nitrogen and oxygen atoms in total. The number of fused-ring (bicyclic) bond motifs is 2. The van der Waals surface area contributed by atoms with Crippen molar-refractivity contribution in [3.8, 4) is 5.75 Å². The van der Waals surface area contributed by atoms with Crippen molar-refractivity contribution in [1.82, 2.24) is 10.5 Å². The number of hydrogen-bond acceptors (Lipinski definition) is 6. The Kier molecular flexibility index (Phi) is 6.11. The molecule has 1 aromatic heterocycles. The molecule has 0 radical (unpaired) electrons. The van der Waals surface area contributed by atoms with Crippen molar-refractivity contribution < 1.29 is 23.2 Å². The maximum absolute atomic E-state index is 13.4. The van der Waals surface area contributed by atoms with Crippen LogP contribution in [0.5, 0.6) is 5.75 Å². The second kappa shape index (κ2) is 9.25. The number of carbonyl (C=O) groups is 1.